The molecule has 2 fully saturated rings. The van der Waals surface area contributed by atoms with Gasteiger partial charge in [-0.05, 0) is 70.0 Å². The van der Waals surface area contributed by atoms with E-state index in [1.165, 1.54) is 0 Å². The minimum atomic E-state index is -0.510. The van der Waals surface area contributed by atoms with Crippen molar-refractivity contribution in [2.24, 2.45) is 11.1 Å². The minimum Gasteiger partial charge on any atom is -0.457 e. The Labute approximate surface area is 204 Å². The van der Waals surface area contributed by atoms with E-state index in [0.717, 1.165) is 24.2 Å². The first-order valence-electron chi connectivity index (χ1n) is 11.8. The van der Waals surface area contributed by atoms with Gasteiger partial charge in [0.15, 0.2) is 0 Å². The van der Waals surface area contributed by atoms with Crippen LogP contribution in [-0.2, 0) is 4.74 Å². The number of nitrogens with zero attached hydrogens (tertiary/aromatic N) is 3. The molecule has 1 aromatic heterocycles. The highest BCUT2D eigenvalue weighted by Crippen LogP contribution is 2.54. The highest BCUT2D eigenvalue weighted by Gasteiger charge is 2.55. The normalized spacial score (nSPS) is 16.9. The molecule has 0 bridgehead atoms. The highest BCUT2D eigenvalue weighted by atomic mass is 16.6. The van der Waals surface area contributed by atoms with Crippen molar-refractivity contribution in [1.29, 1.82) is 0 Å². The van der Waals surface area contributed by atoms with E-state index in [1.807, 2.05) is 80.1 Å². The summed E-state index contributed by atoms with van der Waals surface area (Å²) < 4.78 is 13.2. The fourth-order valence-electron chi connectivity index (χ4n) is 4.88. The largest absolute Gasteiger partial charge is 0.457 e. The summed E-state index contributed by atoms with van der Waals surface area (Å²) in [6, 6.07) is 17.2. The fraction of sp³-hybridized carbons (Fsp3) is 0.370. The van der Waals surface area contributed by atoms with Crippen LogP contribution in [0.25, 0.3) is 11.3 Å². The van der Waals surface area contributed by atoms with Crippen molar-refractivity contribution in [1.82, 2.24) is 14.7 Å². The van der Waals surface area contributed by atoms with Crippen molar-refractivity contribution in [3.8, 4) is 22.8 Å². The molecule has 0 atom stereocenters. The Hall–Kier alpha value is -3.81. The molecule has 1 saturated carbocycles. The number of primary amides is 1. The zero-order valence-electron chi connectivity index (χ0n) is 20.2. The number of ether oxygens (including phenoxy) is 2. The summed E-state index contributed by atoms with van der Waals surface area (Å²) >= 11 is 0. The maximum Gasteiger partial charge on any atom is 0.410 e. The van der Waals surface area contributed by atoms with Gasteiger partial charge in [-0.2, -0.15) is 5.10 Å². The number of hydrogen-bond donors (Lipinski definition) is 1. The SMILES string of the molecule is CC(C)(C)OC(=O)N1CC2(CC(n3cc(C(N)=O)c(-c4ccc(Oc5ccccc5)cc4)n3)C2)C1. The maximum absolute atomic E-state index is 12.3. The number of hydrogen-bond acceptors (Lipinski definition) is 5. The summed E-state index contributed by atoms with van der Waals surface area (Å²) in [6.45, 7) is 7.00. The molecule has 2 aliphatic rings. The van der Waals surface area contributed by atoms with Crippen LogP contribution in [0.4, 0.5) is 4.79 Å². The average molecular weight is 475 g/mol. The monoisotopic (exact) mass is 474 g/mol. The van der Waals surface area contributed by atoms with Gasteiger partial charge in [-0.3, -0.25) is 9.48 Å². The Morgan fingerprint density at radius 3 is 2.23 bits per heavy atom. The second kappa shape index (κ2) is 8.45. The van der Waals surface area contributed by atoms with Crippen LogP contribution in [0.5, 0.6) is 11.5 Å². The molecule has 2 aromatic carbocycles. The summed E-state index contributed by atoms with van der Waals surface area (Å²) in [6.07, 6.45) is 3.28. The van der Waals surface area contributed by atoms with Gasteiger partial charge in [-0.25, -0.2) is 4.79 Å². The predicted molar refractivity (Wildman–Crippen MR) is 131 cm³/mol. The van der Waals surface area contributed by atoms with Crippen LogP contribution in [0, 0.1) is 5.41 Å². The number of likely N-dealkylation sites (tertiary alicyclic amines) is 1. The summed E-state index contributed by atoms with van der Waals surface area (Å²) in [5, 5.41) is 4.73. The molecule has 1 spiro atoms. The van der Waals surface area contributed by atoms with Crippen molar-refractivity contribution >= 4 is 12.0 Å². The summed E-state index contributed by atoms with van der Waals surface area (Å²) in [5.41, 5.74) is 7.04. The Balaban J connectivity index is 1.25. The molecule has 182 valence electrons. The second-order valence-corrected chi connectivity index (χ2v) is 10.6. The molecule has 0 unspecified atom stereocenters. The van der Waals surface area contributed by atoms with E-state index in [0.29, 0.717) is 30.1 Å². The lowest BCUT2D eigenvalue weighted by Crippen LogP contribution is -2.64. The van der Waals surface area contributed by atoms with Gasteiger partial charge < -0.3 is 20.1 Å². The number of amides is 2. The lowest BCUT2D eigenvalue weighted by molar-refractivity contribution is -0.0927. The molecule has 1 aliphatic heterocycles. The van der Waals surface area contributed by atoms with E-state index in [9.17, 15) is 9.59 Å². The molecular formula is C27H30N4O4. The van der Waals surface area contributed by atoms with Gasteiger partial charge in [0.25, 0.3) is 5.91 Å². The third kappa shape index (κ3) is 4.73. The van der Waals surface area contributed by atoms with E-state index in [4.69, 9.17) is 20.3 Å². The molecule has 5 rings (SSSR count). The van der Waals surface area contributed by atoms with Gasteiger partial charge in [0.2, 0.25) is 0 Å². The van der Waals surface area contributed by atoms with Gasteiger partial charge in [0.05, 0.1) is 11.6 Å². The molecular weight excluding hydrogens is 444 g/mol. The first kappa shape index (κ1) is 23.0. The van der Waals surface area contributed by atoms with Crippen LogP contribution in [0.3, 0.4) is 0 Å². The molecule has 2 amide bonds. The minimum absolute atomic E-state index is 0.108. The number of rotatable bonds is 5. The number of benzene rings is 2. The van der Waals surface area contributed by atoms with Gasteiger partial charge in [-0.1, -0.05) is 18.2 Å². The van der Waals surface area contributed by atoms with Crippen LogP contribution < -0.4 is 10.5 Å². The number of carbonyl (C=O) groups excluding carboxylic acids is 2. The number of nitrogens with two attached hydrogens (primary N) is 1. The molecule has 0 radical (unpaired) electrons. The maximum atomic E-state index is 12.3. The Morgan fingerprint density at radius 1 is 1.00 bits per heavy atom. The van der Waals surface area contributed by atoms with Crippen LogP contribution in [-0.4, -0.2) is 45.4 Å². The van der Waals surface area contributed by atoms with Crippen LogP contribution >= 0.6 is 0 Å². The predicted octanol–water partition coefficient (Wildman–Crippen LogP) is 5.01. The zero-order valence-corrected chi connectivity index (χ0v) is 20.2. The van der Waals surface area contributed by atoms with Gasteiger partial charge >= 0.3 is 6.09 Å². The third-order valence-electron chi connectivity index (χ3n) is 6.52. The van der Waals surface area contributed by atoms with Gasteiger partial charge in [0, 0.05) is 30.3 Å². The van der Waals surface area contributed by atoms with E-state index in [2.05, 4.69) is 0 Å². The quantitative estimate of drug-likeness (QED) is 0.560. The van der Waals surface area contributed by atoms with Crippen molar-refractivity contribution in [2.45, 2.75) is 45.3 Å². The van der Waals surface area contributed by atoms with E-state index in [1.54, 1.807) is 11.1 Å². The van der Waals surface area contributed by atoms with Crippen molar-refractivity contribution in [2.75, 3.05) is 13.1 Å². The lowest BCUT2D eigenvalue weighted by atomic mass is 9.61. The van der Waals surface area contributed by atoms with Gasteiger partial charge in [0.1, 0.15) is 22.8 Å². The Kier molecular flexibility index (Phi) is 5.54. The fourth-order valence-corrected chi connectivity index (χ4v) is 4.88. The third-order valence-corrected chi connectivity index (χ3v) is 6.52. The van der Waals surface area contributed by atoms with E-state index in [-0.39, 0.29) is 17.6 Å². The van der Waals surface area contributed by atoms with Crippen LogP contribution in [0.15, 0.2) is 60.8 Å². The molecule has 2 heterocycles. The molecule has 2 N–H and O–H groups in total. The summed E-state index contributed by atoms with van der Waals surface area (Å²) in [4.78, 5) is 26.2. The molecule has 1 saturated heterocycles. The van der Waals surface area contributed by atoms with E-state index < -0.39 is 11.5 Å². The summed E-state index contributed by atoms with van der Waals surface area (Å²) in [5.74, 6) is 0.938. The average Bonchev–Trinajstić information content (AvgIpc) is 3.17. The van der Waals surface area contributed by atoms with Crippen molar-refractivity contribution < 1.29 is 19.1 Å². The zero-order chi connectivity index (χ0) is 24.8. The van der Waals surface area contributed by atoms with Crippen molar-refractivity contribution in [3.05, 3.63) is 66.4 Å². The Morgan fingerprint density at radius 2 is 1.63 bits per heavy atom. The standard InChI is InChI=1S/C27H30N4O4/c1-26(2,3)35-25(33)30-16-27(17-30)13-19(14-27)31-15-22(24(28)32)23(29-31)18-9-11-21(12-10-18)34-20-7-5-4-6-8-20/h4-12,15,19H,13-14,16-17H2,1-3H3,(H2,28,32). The van der Waals surface area contributed by atoms with Gasteiger partial charge in [-0.15, -0.1) is 0 Å². The second-order valence-electron chi connectivity index (χ2n) is 10.6. The van der Waals surface area contributed by atoms with Crippen LogP contribution in [0.2, 0.25) is 0 Å². The number of para-hydroxylation sites is 1. The number of aromatic nitrogens is 2. The van der Waals surface area contributed by atoms with Crippen LogP contribution in [0.1, 0.15) is 50.0 Å². The molecule has 3 aromatic rings. The molecule has 8 heteroatoms. The smallest absolute Gasteiger partial charge is 0.410 e. The molecule has 1 aliphatic carbocycles. The highest BCUT2D eigenvalue weighted by molar-refractivity contribution is 5.98. The number of carbonyl (C=O) groups is 2. The summed E-state index contributed by atoms with van der Waals surface area (Å²) in [7, 11) is 0. The van der Waals surface area contributed by atoms with Crippen molar-refractivity contribution in [3.63, 3.8) is 0 Å². The topological polar surface area (TPSA) is 99.7 Å². The molecule has 8 nitrogen and oxygen atoms in total. The van der Waals surface area contributed by atoms with E-state index >= 15 is 0 Å². The Bertz CT molecular complexity index is 1230. The lowest BCUT2D eigenvalue weighted by Gasteiger charge is -2.58. The first-order chi connectivity index (χ1) is 16.6. The molecule has 35 heavy (non-hydrogen) atoms. The first-order valence-corrected chi connectivity index (χ1v) is 11.8.